The molecule has 0 unspecified atom stereocenters. The maximum Gasteiger partial charge on any atom is 0.674 e. The van der Waals surface area contributed by atoms with Crippen molar-refractivity contribution in [2.75, 3.05) is 0 Å². The molecule has 0 spiro atoms. The topological polar surface area (TPSA) is 223 Å². The van der Waals surface area contributed by atoms with Gasteiger partial charge in [0.15, 0.2) is 0 Å². The highest BCUT2D eigenvalue weighted by atomic mass is 35.5. The fourth-order valence-electron chi connectivity index (χ4n) is 0.517. The first-order valence-corrected chi connectivity index (χ1v) is 6.29. The van der Waals surface area contributed by atoms with Crippen molar-refractivity contribution in [3.05, 3.63) is 32.9 Å². The van der Waals surface area contributed by atoms with E-state index in [0.717, 1.165) is 0 Å². The monoisotopic (exact) mass is 444 g/mol. The van der Waals surface area contributed by atoms with E-state index in [9.17, 15) is 17.3 Å². The SMILES string of the molecule is OB(O)F.OB(O)F.OB(O)F.OB(O)F.[N-]=[N+]=Nc1cnc(Cl)c(Cl)c1. The van der Waals surface area contributed by atoms with E-state index in [-0.39, 0.29) is 10.2 Å². The maximum absolute atomic E-state index is 10.1. The number of azide groups is 1. The molecule has 0 saturated carbocycles. The van der Waals surface area contributed by atoms with Crippen molar-refractivity contribution in [2.24, 2.45) is 5.11 Å². The zero-order valence-corrected chi connectivity index (χ0v) is 14.1. The molecule has 0 aliphatic rings. The van der Waals surface area contributed by atoms with Crippen LogP contribution in [0.5, 0.6) is 0 Å². The lowest BCUT2D eigenvalue weighted by atomic mass is 10.3. The Bertz CT molecular complexity index is 487. The molecule has 0 aliphatic carbocycles. The Morgan fingerprint density at radius 1 is 0.852 bits per heavy atom. The molecule has 0 bridgehead atoms. The van der Waals surface area contributed by atoms with Crippen LogP contribution >= 0.6 is 23.2 Å². The van der Waals surface area contributed by atoms with Gasteiger partial charge in [-0.05, 0) is 11.6 Å². The molecular formula is C5H10B4Cl2F4N4O8. The molecule has 0 radical (unpaired) electrons. The highest BCUT2D eigenvalue weighted by molar-refractivity contribution is 6.41. The van der Waals surface area contributed by atoms with Crippen LogP contribution in [0.3, 0.4) is 0 Å². The summed E-state index contributed by atoms with van der Waals surface area (Å²) in [6.07, 6.45) is 1.34. The second-order valence-electron chi connectivity index (χ2n) is 2.90. The van der Waals surface area contributed by atoms with Crippen molar-refractivity contribution in [3.63, 3.8) is 0 Å². The molecule has 1 aromatic heterocycles. The highest BCUT2D eigenvalue weighted by Crippen LogP contribution is 2.23. The molecule has 12 nitrogen and oxygen atoms in total. The lowest BCUT2D eigenvalue weighted by Crippen LogP contribution is -1.98. The molecule has 8 N–H and O–H groups in total. The number of hydrogen-bond acceptors (Lipinski definition) is 10. The van der Waals surface area contributed by atoms with Crippen LogP contribution < -0.4 is 0 Å². The lowest BCUT2D eigenvalue weighted by Gasteiger charge is -1.93. The van der Waals surface area contributed by atoms with Gasteiger partial charge in [-0.3, -0.25) is 17.3 Å². The van der Waals surface area contributed by atoms with Gasteiger partial charge in [-0.2, -0.15) is 0 Å². The third-order valence-corrected chi connectivity index (χ3v) is 1.63. The van der Waals surface area contributed by atoms with Crippen molar-refractivity contribution in [1.82, 2.24) is 4.98 Å². The van der Waals surface area contributed by atoms with Crippen LogP contribution in [0, 0.1) is 0 Å². The van der Waals surface area contributed by atoms with Gasteiger partial charge in [0.1, 0.15) is 5.15 Å². The van der Waals surface area contributed by atoms with Crippen LogP contribution in [0.4, 0.5) is 23.0 Å². The summed E-state index contributed by atoms with van der Waals surface area (Å²) in [6, 6.07) is 1.44. The van der Waals surface area contributed by atoms with Crippen molar-refractivity contribution in [1.29, 1.82) is 0 Å². The minimum absolute atomic E-state index is 0.198. The van der Waals surface area contributed by atoms with Crippen LogP contribution in [-0.2, 0) is 0 Å². The average Bonchev–Trinajstić information content (AvgIpc) is 2.41. The van der Waals surface area contributed by atoms with Crippen LogP contribution in [-0.4, -0.2) is 74.8 Å². The first-order valence-electron chi connectivity index (χ1n) is 5.54. The van der Waals surface area contributed by atoms with Crippen LogP contribution in [0.15, 0.2) is 17.4 Å². The Balaban J connectivity index is -0.000000139. The normalized spacial score (nSPS) is 7.63. The Morgan fingerprint density at radius 2 is 1.15 bits per heavy atom. The van der Waals surface area contributed by atoms with Crippen molar-refractivity contribution in [2.45, 2.75) is 0 Å². The summed E-state index contributed by atoms with van der Waals surface area (Å²) in [6.45, 7) is 0. The molecule has 0 fully saturated rings. The van der Waals surface area contributed by atoms with E-state index >= 15 is 0 Å². The largest absolute Gasteiger partial charge is 0.674 e. The first-order chi connectivity index (χ1) is 12.2. The smallest absolute Gasteiger partial charge is 0.398 e. The molecule has 1 rings (SSSR count). The Morgan fingerprint density at radius 3 is 1.37 bits per heavy atom. The summed E-state index contributed by atoms with van der Waals surface area (Å²) >= 11 is 11.1. The van der Waals surface area contributed by atoms with Crippen LogP contribution in [0.25, 0.3) is 10.4 Å². The molecular weight excluding hydrogens is 434 g/mol. The van der Waals surface area contributed by atoms with Gasteiger partial charge < -0.3 is 40.2 Å². The Labute approximate surface area is 159 Å². The molecule has 1 aromatic rings. The van der Waals surface area contributed by atoms with Gasteiger partial charge in [0.05, 0.1) is 10.7 Å². The van der Waals surface area contributed by atoms with Crippen LogP contribution in [0.1, 0.15) is 0 Å². The van der Waals surface area contributed by atoms with E-state index in [1.54, 1.807) is 0 Å². The summed E-state index contributed by atoms with van der Waals surface area (Å²) in [5, 5.41) is 59.3. The number of halogens is 6. The number of aromatic nitrogens is 1. The zero-order valence-electron chi connectivity index (χ0n) is 12.6. The summed E-state index contributed by atoms with van der Waals surface area (Å²) in [7, 11) is -10.7. The molecule has 0 amide bonds. The van der Waals surface area contributed by atoms with Gasteiger partial charge in [0.2, 0.25) is 0 Å². The Hall–Kier alpha value is -1.30. The third kappa shape index (κ3) is 58.9. The predicted octanol–water partition coefficient (Wildman–Crippen LogP) is -0.968. The van der Waals surface area contributed by atoms with Crippen LogP contribution in [0.2, 0.25) is 10.2 Å². The third-order valence-electron chi connectivity index (χ3n) is 0.942. The second kappa shape index (κ2) is 22.7. The number of nitrogens with zero attached hydrogens (tertiary/aromatic N) is 4. The van der Waals surface area contributed by atoms with Gasteiger partial charge in [0, 0.05) is 11.1 Å². The second-order valence-corrected chi connectivity index (χ2v) is 3.66. The van der Waals surface area contributed by atoms with Gasteiger partial charge in [-0.15, -0.1) is 0 Å². The summed E-state index contributed by atoms with van der Waals surface area (Å²) in [5.41, 5.74) is 8.38. The fraction of sp³-hybridized carbons (Fsp3) is 0. The highest BCUT2D eigenvalue weighted by Gasteiger charge is 1.99. The molecule has 0 aromatic carbocycles. The van der Waals surface area contributed by atoms with Gasteiger partial charge >= 0.3 is 29.6 Å². The molecule has 1 heterocycles. The van der Waals surface area contributed by atoms with E-state index in [4.69, 9.17) is 68.9 Å². The van der Waals surface area contributed by atoms with Gasteiger partial charge in [-0.25, -0.2) is 4.98 Å². The molecule has 27 heavy (non-hydrogen) atoms. The summed E-state index contributed by atoms with van der Waals surface area (Å²) < 4.78 is 40.4. The van der Waals surface area contributed by atoms with E-state index < -0.39 is 29.6 Å². The Kier molecular flexibility index (Phi) is 28.0. The number of hydrogen-bond donors (Lipinski definition) is 8. The van der Waals surface area contributed by atoms with Crippen molar-refractivity contribution < 1.29 is 57.5 Å². The summed E-state index contributed by atoms with van der Waals surface area (Å²) in [4.78, 5) is 6.23. The van der Waals surface area contributed by atoms with E-state index in [1.165, 1.54) is 12.3 Å². The van der Waals surface area contributed by atoms with E-state index in [1.807, 2.05) is 0 Å². The van der Waals surface area contributed by atoms with Crippen molar-refractivity contribution >= 4 is 58.5 Å². The minimum Gasteiger partial charge on any atom is -0.398 e. The molecule has 22 heteroatoms. The number of pyridine rings is 1. The molecule has 152 valence electrons. The average molecular weight is 444 g/mol. The van der Waals surface area contributed by atoms with E-state index in [0.29, 0.717) is 5.69 Å². The maximum atomic E-state index is 10.1. The van der Waals surface area contributed by atoms with Gasteiger partial charge in [0.25, 0.3) is 0 Å². The fourth-order valence-corrected chi connectivity index (χ4v) is 0.781. The number of rotatable bonds is 1. The summed E-state index contributed by atoms with van der Waals surface area (Å²) in [5.74, 6) is 0. The zero-order chi connectivity index (χ0) is 22.6. The van der Waals surface area contributed by atoms with E-state index in [2.05, 4.69) is 15.0 Å². The van der Waals surface area contributed by atoms with Gasteiger partial charge in [-0.1, -0.05) is 28.3 Å². The first kappa shape index (κ1) is 33.3. The molecule has 0 saturated heterocycles. The quantitative estimate of drug-likeness (QED) is 0.0665. The standard InChI is InChI=1S/C5H2Cl2N4.4BFH2O2/c6-4-1-3(10-11-8)2-9-5(4)7;4*2-1(3)4/h1-2H;4*3-4H. The predicted molar refractivity (Wildman–Crippen MR) is 88.3 cm³/mol. The molecule has 0 atom stereocenters. The lowest BCUT2D eigenvalue weighted by molar-refractivity contribution is 0.338. The molecule has 0 aliphatic heterocycles. The van der Waals surface area contributed by atoms with Crippen molar-refractivity contribution in [3.8, 4) is 0 Å². The minimum atomic E-state index is -2.67.